The van der Waals surface area contributed by atoms with E-state index in [9.17, 15) is 13.6 Å². The van der Waals surface area contributed by atoms with Crippen molar-refractivity contribution >= 4 is 5.97 Å². The monoisotopic (exact) mass is 290 g/mol. The molecule has 2 nitrogen and oxygen atoms in total. The summed E-state index contributed by atoms with van der Waals surface area (Å²) >= 11 is 0. The molecular formula is C16H28F2O2. The minimum Gasteiger partial charge on any atom is -0.461 e. The van der Waals surface area contributed by atoms with Crippen molar-refractivity contribution in [2.45, 2.75) is 83.5 Å². The van der Waals surface area contributed by atoms with E-state index in [0.29, 0.717) is 6.92 Å². The van der Waals surface area contributed by atoms with E-state index in [4.69, 9.17) is 4.74 Å². The van der Waals surface area contributed by atoms with Crippen LogP contribution in [0.2, 0.25) is 0 Å². The smallest absolute Gasteiger partial charge is 0.376 e. The predicted octanol–water partition coefficient (Wildman–Crippen LogP) is 5.11. The van der Waals surface area contributed by atoms with E-state index in [-0.39, 0.29) is 12.5 Å². The number of carbonyl (C=O) groups excluding carboxylic acids is 1. The van der Waals surface area contributed by atoms with Crippen molar-refractivity contribution in [3.8, 4) is 0 Å². The standard InChI is InChI=1S/C16H28F2O2/c1-16(17,18)15(19)20-13-14-11-9-7-5-3-2-4-6-8-10-12-14/h14H,2-13H2,1H3. The molecule has 1 fully saturated rings. The van der Waals surface area contributed by atoms with Crippen molar-refractivity contribution in [3.05, 3.63) is 0 Å². The maximum absolute atomic E-state index is 12.8. The van der Waals surface area contributed by atoms with Gasteiger partial charge in [-0.2, -0.15) is 8.78 Å². The number of rotatable bonds is 3. The van der Waals surface area contributed by atoms with Crippen LogP contribution in [0.5, 0.6) is 0 Å². The van der Waals surface area contributed by atoms with Crippen LogP contribution < -0.4 is 0 Å². The zero-order valence-corrected chi connectivity index (χ0v) is 12.6. The topological polar surface area (TPSA) is 26.3 Å². The molecule has 0 bridgehead atoms. The van der Waals surface area contributed by atoms with Gasteiger partial charge in [-0.25, -0.2) is 4.79 Å². The van der Waals surface area contributed by atoms with Crippen LogP contribution in [0.15, 0.2) is 0 Å². The summed E-state index contributed by atoms with van der Waals surface area (Å²) in [5.41, 5.74) is 0. The van der Waals surface area contributed by atoms with Crippen LogP contribution in [0.3, 0.4) is 0 Å². The van der Waals surface area contributed by atoms with E-state index < -0.39 is 11.9 Å². The number of halogens is 2. The highest BCUT2D eigenvalue weighted by atomic mass is 19.3. The lowest BCUT2D eigenvalue weighted by Crippen LogP contribution is -2.28. The van der Waals surface area contributed by atoms with Gasteiger partial charge in [0.25, 0.3) is 0 Å². The molecule has 0 unspecified atom stereocenters. The van der Waals surface area contributed by atoms with Gasteiger partial charge in [-0.05, 0) is 18.8 Å². The number of esters is 1. The SMILES string of the molecule is CC(F)(F)C(=O)OCC1CCCCCCCCCCC1. The Bertz CT molecular complexity index is 262. The van der Waals surface area contributed by atoms with Gasteiger partial charge in [-0.15, -0.1) is 0 Å². The lowest BCUT2D eigenvalue weighted by Gasteiger charge is -2.19. The van der Waals surface area contributed by atoms with Crippen molar-refractivity contribution in [1.29, 1.82) is 0 Å². The third-order valence-corrected chi connectivity index (χ3v) is 4.03. The first-order valence-corrected chi connectivity index (χ1v) is 8.05. The van der Waals surface area contributed by atoms with E-state index in [1.807, 2.05) is 0 Å². The molecule has 0 aliphatic heterocycles. The molecule has 0 aromatic heterocycles. The summed E-state index contributed by atoms with van der Waals surface area (Å²) in [5.74, 6) is -4.50. The molecule has 0 amide bonds. The van der Waals surface area contributed by atoms with Crippen LogP contribution in [0.1, 0.15) is 77.6 Å². The van der Waals surface area contributed by atoms with E-state index in [1.54, 1.807) is 0 Å². The quantitative estimate of drug-likeness (QED) is 0.675. The van der Waals surface area contributed by atoms with E-state index in [0.717, 1.165) is 25.7 Å². The molecule has 0 aromatic carbocycles. The Balaban J connectivity index is 2.33. The summed E-state index contributed by atoms with van der Waals surface area (Å²) in [7, 11) is 0. The van der Waals surface area contributed by atoms with E-state index in [1.165, 1.54) is 44.9 Å². The average Bonchev–Trinajstić information content (AvgIpc) is 2.36. The molecule has 0 aromatic rings. The fourth-order valence-corrected chi connectivity index (χ4v) is 2.73. The lowest BCUT2D eigenvalue weighted by molar-refractivity contribution is -0.170. The predicted molar refractivity (Wildman–Crippen MR) is 75.9 cm³/mol. The number of carbonyl (C=O) groups is 1. The fourth-order valence-electron chi connectivity index (χ4n) is 2.73. The normalized spacial score (nSPS) is 20.8. The molecule has 0 heterocycles. The van der Waals surface area contributed by atoms with Gasteiger partial charge in [-0.1, -0.05) is 57.8 Å². The second-order valence-electron chi connectivity index (χ2n) is 6.11. The van der Waals surface area contributed by atoms with E-state index in [2.05, 4.69) is 0 Å². The van der Waals surface area contributed by atoms with E-state index >= 15 is 0 Å². The Morgan fingerprint density at radius 3 is 1.75 bits per heavy atom. The Kier molecular flexibility index (Phi) is 8.08. The van der Waals surface area contributed by atoms with Gasteiger partial charge in [0.1, 0.15) is 0 Å². The summed E-state index contributed by atoms with van der Waals surface area (Å²) in [4.78, 5) is 11.1. The van der Waals surface area contributed by atoms with Gasteiger partial charge in [0, 0.05) is 6.92 Å². The van der Waals surface area contributed by atoms with Crippen molar-refractivity contribution in [2.24, 2.45) is 5.92 Å². The summed E-state index contributed by atoms with van der Waals surface area (Å²) in [6, 6.07) is 0. The summed E-state index contributed by atoms with van der Waals surface area (Å²) in [6.07, 6.45) is 13.1. The molecule has 1 aliphatic carbocycles. The molecular weight excluding hydrogens is 262 g/mol. The number of hydrogen-bond acceptors (Lipinski definition) is 2. The van der Waals surface area contributed by atoms with Crippen LogP contribution in [0.25, 0.3) is 0 Å². The Morgan fingerprint density at radius 1 is 0.950 bits per heavy atom. The van der Waals surface area contributed by atoms with Crippen molar-refractivity contribution in [3.63, 3.8) is 0 Å². The van der Waals surface area contributed by atoms with Gasteiger partial charge < -0.3 is 4.74 Å². The first-order chi connectivity index (χ1) is 9.50. The van der Waals surface area contributed by atoms with Crippen molar-refractivity contribution in [2.75, 3.05) is 6.61 Å². The minimum absolute atomic E-state index is 0.155. The fraction of sp³-hybridized carbons (Fsp3) is 0.938. The second-order valence-corrected chi connectivity index (χ2v) is 6.11. The summed E-state index contributed by atoms with van der Waals surface area (Å²) < 4.78 is 30.3. The third-order valence-electron chi connectivity index (χ3n) is 4.03. The van der Waals surface area contributed by atoms with Crippen molar-refractivity contribution < 1.29 is 18.3 Å². The maximum Gasteiger partial charge on any atom is 0.376 e. The highest BCUT2D eigenvalue weighted by molar-refractivity contribution is 5.76. The molecule has 0 spiro atoms. The molecule has 1 aliphatic rings. The minimum atomic E-state index is -3.37. The largest absolute Gasteiger partial charge is 0.461 e. The molecule has 0 atom stereocenters. The van der Waals surface area contributed by atoms with Gasteiger partial charge >= 0.3 is 11.9 Å². The lowest BCUT2D eigenvalue weighted by atomic mass is 9.93. The van der Waals surface area contributed by atoms with Gasteiger partial charge in [0.2, 0.25) is 0 Å². The molecule has 20 heavy (non-hydrogen) atoms. The van der Waals surface area contributed by atoms with Crippen LogP contribution in [0, 0.1) is 5.92 Å². The zero-order valence-electron chi connectivity index (χ0n) is 12.6. The van der Waals surface area contributed by atoms with Crippen LogP contribution in [0.4, 0.5) is 8.78 Å². The highest BCUT2D eigenvalue weighted by Crippen LogP contribution is 2.22. The van der Waals surface area contributed by atoms with Crippen LogP contribution in [-0.2, 0) is 9.53 Å². The van der Waals surface area contributed by atoms with Gasteiger partial charge in [0.15, 0.2) is 0 Å². The summed E-state index contributed by atoms with van der Waals surface area (Å²) in [6.45, 7) is 0.749. The second kappa shape index (κ2) is 9.30. The number of hydrogen-bond donors (Lipinski definition) is 0. The number of ether oxygens (including phenoxy) is 1. The average molecular weight is 290 g/mol. The molecule has 0 radical (unpaired) electrons. The van der Waals surface area contributed by atoms with Crippen LogP contribution in [-0.4, -0.2) is 18.5 Å². The zero-order chi connectivity index (χ0) is 14.8. The Labute approximate surface area is 121 Å². The van der Waals surface area contributed by atoms with Crippen LogP contribution >= 0.6 is 0 Å². The number of alkyl halides is 2. The molecule has 118 valence electrons. The Hall–Kier alpha value is -0.670. The molecule has 4 heteroatoms. The molecule has 1 saturated carbocycles. The van der Waals surface area contributed by atoms with Gasteiger partial charge in [0.05, 0.1) is 6.61 Å². The third kappa shape index (κ3) is 7.81. The first-order valence-electron chi connectivity index (χ1n) is 8.05. The van der Waals surface area contributed by atoms with Crippen molar-refractivity contribution in [1.82, 2.24) is 0 Å². The van der Waals surface area contributed by atoms with Gasteiger partial charge in [-0.3, -0.25) is 0 Å². The molecule has 1 rings (SSSR count). The molecule has 0 N–H and O–H groups in total. The highest BCUT2D eigenvalue weighted by Gasteiger charge is 2.34. The molecule has 0 saturated heterocycles. The maximum atomic E-state index is 12.8. The first kappa shape index (κ1) is 17.4. The summed E-state index contributed by atoms with van der Waals surface area (Å²) in [5, 5.41) is 0. The Morgan fingerprint density at radius 2 is 1.35 bits per heavy atom.